The first-order chi connectivity index (χ1) is 9.10. The second kappa shape index (κ2) is 7.20. The highest BCUT2D eigenvalue weighted by atomic mass is 16.6. The number of nitrogens with one attached hydrogen (secondary N) is 1. The molecule has 0 radical (unpaired) electrons. The van der Waals surface area contributed by atoms with Gasteiger partial charge in [-0.2, -0.15) is 0 Å². The first-order valence-corrected chi connectivity index (χ1v) is 5.93. The van der Waals surface area contributed by atoms with Crippen LogP contribution < -0.4 is 10.1 Å². The van der Waals surface area contributed by atoms with Crippen molar-refractivity contribution in [3.63, 3.8) is 0 Å². The van der Waals surface area contributed by atoms with Crippen molar-refractivity contribution in [2.75, 3.05) is 13.7 Å². The molecule has 0 aliphatic rings. The molecule has 0 aliphatic carbocycles. The van der Waals surface area contributed by atoms with E-state index in [0.717, 1.165) is 0 Å². The van der Waals surface area contributed by atoms with Crippen LogP contribution in [-0.2, 0) is 14.3 Å². The van der Waals surface area contributed by atoms with Crippen LogP contribution in [0.15, 0.2) is 41.6 Å². The Morgan fingerprint density at radius 1 is 1.16 bits per heavy atom. The van der Waals surface area contributed by atoms with Gasteiger partial charge >= 0.3 is 11.9 Å². The number of hydrogen-bond donors (Lipinski definition) is 1. The van der Waals surface area contributed by atoms with Gasteiger partial charge in [0.25, 0.3) is 0 Å². The number of benzene rings is 1. The summed E-state index contributed by atoms with van der Waals surface area (Å²) >= 11 is 0. The molecule has 0 aliphatic heterocycles. The maximum absolute atomic E-state index is 12.0. The molecule has 0 saturated carbocycles. The van der Waals surface area contributed by atoms with Crippen molar-refractivity contribution in [1.82, 2.24) is 5.32 Å². The fraction of sp³-hybridized carbons (Fsp3) is 0.286. The molecule has 1 rings (SSSR count). The lowest BCUT2D eigenvalue weighted by molar-refractivity contribution is -0.143. The minimum atomic E-state index is -0.739. The van der Waals surface area contributed by atoms with Gasteiger partial charge in [0.15, 0.2) is 5.57 Å². The average Bonchev–Trinajstić information content (AvgIpc) is 2.40. The number of carbonyl (C=O) groups is 2. The molecular weight excluding hydrogens is 246 g/mol. The predicted molar refractivity (Wildman–Crippen MR) is 70.5 cm³/mol. The quantitative estimate of drug-likeness (QED) is 0.288. The van der Waals surface area contributed by atoms with Crippen molar-refractivity contribution in [2.24, 2.45) is 0 Å². The van der Waals surface area contributed by atoms with E-state index in [-0.39, 0.29) is 12.2 Å². The Balaban J connectivity index is 2.94. The summed E-state index contributed by atoms with van der Waals surface area (Å²) in [5.41, 5.74) is 0.271. The second-order valence-electron chi connectivity index (χ2n) is 3.67. The van der Waals surface area contributed by atoms with Gasteiger partial charge in [0.1, 0.15) is 5.75 Å². The Bertz CT molecular complexity index is 479. The van der Waals surface area contributed by atoms with Crippen LogP contribution >= 0.6 is 0 Å². The van der Waals surface area contributed by atoms with Gasteiger partial charge in [-0.1, -0.05) is 18.2 Å². The summed E-state index contributed by atoms with van der Waals surface area (Å²) < 4.78 is 9.98. The van der Waals surface area contributed by atoms with Crippen molar-refractivity contribution in [3.8, 4) is 5.75 Å². The lowest BCUT2D eigenvalue weighted by Gasteiger charge is -2.10. The van der Waals surface area contributed by atoms with Crippen molar-refractivity contribution in [3.05, 3.63) is 41.6 Å². The number of esters is 2. The summed E-state index contributed by atoms with van der Waals surface area (Å²) in [6, 6.07) is 8.55. The standard InChI is InChI=1S/C14H17NO4/c1-4-18-13(16)12(10(2)15-3)14(17)19-11-8-6-5-7-9-11/h5-9,15H,4H2,1-3H3. The van der Waals surface area contributed by atoms with E-state index in [2.05, 4.69) is 5.32 Å². The molecule has 5 nitrogen and oxygen atoms in total. The molecule has 5 heteroatoms. The average molecular weight is 263 g/mol. The molecule has 0 amide bonds. The Kier molecular flexibility index (Phi) is 5.60. The minimum absolute atomic E-state index is 0.131. The number of allylic oxidation sites excluding steroid dienone is 1. The second-order valence-corrected chi connectivity index (χ2v) is 3.67. The van der Waals surface area contributed by atoms with Gasteiger partial charge in [-0.15, -0.1) is 0 Å². The summed E-state index contributed by atoms with van der Waals surface area (Å²) in [5, 5.41) is 2.75. The van der Waals surface area contributed by atoms with E-state index in [4.69, 9.17) is 9.47 Å². The number of para-hydroxylation sites is 1. The summed E-state index contributed by atoms with van der Waals surface area (Å²) in [5.74, 6) is -1.06. The Morgan fingerprint density at radius 2 is 1.79 bits per heavy atom. The van der Waals surface area contributed by atoms with E-state index in [0.29, 0.717) is 11.4 Å². The Morgan fingerprint density at radius 3 is 2.32 bits per heavy atom. The van der Waals surface area contributed by atoms with Crippen LogP contribution in [-0.4, -0.2) is 25.6 Å². The fourth-order valence-corrected chi connectivity index (χ4v) is 1.36. The van der Waals surface area contributed by atoms with Gasteiger partial charge in [0.05, 0.1) is 6.61 Å². The van der Waals surface area contributed by atoms with Gasteiger partial charge in [-0.25, -0.2) is 9.59 Å². The molecule has 0 spiro atoms. The monoisotopic (exact) mass is 263 g/mol. The lowest BCUT2D eigenvalue weighted by atomic mass is 10.2. The van der Waals surface area contributed by atoms with Crippen molar-refractivity contribution in [2.45, 2.75) is 13.8 Å². The summed E-state index contributed by atoms with van der Waals surface area (Å²) in [7, 11) is 1.62. The van der Waals surface area contributed by atoms with Crippen LogP contribution in [0.2, 0.25) is 0 Å². The Labute approximate surface area is 112 Å². The van der Waals surface area contributed by atoms with E-state index in [9.17, 15) is 9.59 Å². The van der Waals surface area contributed by atoms with Gasteiger partial charge in [0, 0.05) is 12.7 Å². The van der Waals surface area contributed by atoms with Gasteiger partial charge in [0.2, 0.25) is 0 Å². The molecule has 0 atom stereocenters. The molecule has 1 aromatic rings. The van der Waals surface area contributed by atoms with E-state index in [1.54, 1.807) is 51.2 Å². The van der Waals surface area contributed by atoms with Crippen LogP contribution in [0.5, 0.6) is 5.75 Å². The maximum atomic E-state index is 12.0. The van der Waals surface area contributed by atoms with Crippen molar-refractivity contribution >= 4 is 11.9 Å². The molecule has 0 fully saturated rings. The van der Waals surface area contributed by atoms with Crippen LogP contribution in [0.3, 0.4) is 0 Å². The van der Waals surface area contributed by atoms with E-state index in [1.807, 2.05) is 0 Å². The molecule has 0 aromatic heterocycles. The third-order valence-corrected chi connectivity index (χ3v) is 2.39. The zero-order chi connectivity index (χ0) is 14.3. The highest BCUT2D eigenvalue weighted by Gasteiger charge is 2.24. The third-order valence-electron chi connectivity index (χ3n) is 2.39. The fourth-order valence-electron chi connectivity index (χ4n) is 1.36. The van der Waals surface area contributed by atoms with Crippen LogP contribution in [0.25, 0.3) is 0 Å². The molecule has 102 valence electrons. The van der Waals surface area contributed by atoms with Crippen LogP contribution in [0.4, 0.5) is 0 Å². The number of carbonyl (C=O) groups excluding carboxylic acids is 2. The number of hydrogen-bond acceptors (Lipinski definition) is 5. The zero-order valence-electron chi connectivity index (χ0n) is 11.2. The first-order valence-electron chi connectivity index (χ1n) is 5.93. The van der Waals surface area contributed by atoms with Gasteiger partial charge in [-0.3, -0.25) is 0 Å². The molecular formula is C14H17NO4. The van der Waals surface area contributed by atoms with Gasteiger partial charge in [-0.05, 0) is 26.0 Å². The third kappa shape index (κ3) is 4.13. The molecule has 1 N–H and O–H groups in total. The molecule has 0 unspecified atom stereocenters. The van der Waals surface area contributed by atoms with E-state index < -0.39 is 11.9 Å². The predicted octanol–water partition coefficient (Wildman–Crippen LogP) is 1.65. The highest BCUT2D eigenvalue weighted by Crippen LogP contribution is 2.13. The van der Waals surface area contributed by atoms with Crippen LogP contribution in [0, 0.1) is 0 Å². The highest BCUT2D eigenvalue weighted by molar-refractivity contribution is 6.15. The molecule has 0 heterocycles. The maximum Gasteiger partial charge on any atom is 0.352 e. The topological polar surface area (TPSA) is 64.6 Å². The number of rotatable bonds is 5. The first kappa shape index (κ1) is 14.8. The van der Waals surface area contributed by atoms with Crippen molar-refractivity contribution in [1.29, 1.82) is 0 Å². The normalized spacial score (nSPS) is 11.3. The SMILES string of the molecule is CCOC(=O)C(C(=O)Oc1ccccc1)=C(C)NC. The Hall–Kier alpha value is -2.30. The molecule has 0 saturated heterocycles. The van der Waals surface area contributed by atoms with Crippen LogP contribution in [0.1, 0.15) is 13.8 Å². The summed E-state index contributed by atoms with van der Waals surface area (Å²) in [6.45, 7) is 3.48. The lowest BCUT2D eigenvalue weighted by Crippen LogP contribution is -2.25. The largest absolute Gasteiger partial charge is 0.462 e. The van der Waals surface area contributed by atoms with Crippen molar-refractivity contribution < 1.29 is 19.1 Å². The molecule has 19 heavy (non-hydrogen) atoms. The molecule has 1 aromatic carbocycles. The van der Waals surface area contributed by atoms with E-state index >= 15 is 0 Å². The smallest absolute Gasteiger partial charge is 0.352 e. The van der Waals surface area contributed by atoms with E-state index in [1.165, 1.54) is 0 Å². The summed E-state index contributed by atoms with van der Waals surface area (Å²) in [6.07, 6.45) is 0. The molecule has 0 bridgehead atoms. The zero-order valence-corrected chi connectivity index (χ0v) is 11.2. The number of ether oxygens (including phenoxy) is 2. The van der Waals surface area contributed by atoms with Gasteiger partial charge < -0.3 is 14.8 Å². The minimum Gasteiger partial charge on any atom is -0.462 e. The summed E-state index contributed by atoms with van der Waals surface area (Å²) in [4.78, 5) is 23.8.